The van der Waals surface area contributed by atoms with Crippen LogP contribution in [0.25, 0.3) is 11.3 Å². The fourth-order valence-electron chi connectivity index (χ4n) is 2.46. The number of nitrogens with zero attached hydrogens (tertiary/aromatic N) is 2. The Hall–Kier alpha value is -1.97. The van der Waals surface area contributed by atoms with Crippen LogP contribution in [-0.2, 0) is 13.0 Å². The Labute approximate surface area is 127 Å². The van der Waals surface area contributed by atoms with Gasteiger partial charge in [0.2, 0.25) is 0 Å². The minimum absolute atomic E-state index is 0.177. The van der Waals surface area contributed by atoms with E-state index in [4.69, 9.17) is 15.5 Å². The Morgan fingerprint density at radius 1 is 1.19 bits per heavy atom. The Morgan fingerprint density at radius 3 is 2.38 bits per heavy atom. The lowest BCUT2D eigenvalue weighted by atomic mass is 10.1. The quantitative estimate of drug-likeness (QED) is 0.877. The van der Waals surface area contributed by atoms with Crippen LogP contribution in [0.4, 0.5) is 5.82 Å². The fraction of sp³-hybridized carbons (Fsp3) is 0.471. The number of nitrogen functional groups attached to an aromatic ring is 1. The predicted octanol–water partition coefficient (Wildman–Crippen LogP) is 3.89. The Kier molecular flexibility index (Phi) is 4.89. The second kappa shape index (κ2) is 6.66. The highest BCUT2D eigenvalue weighted by Gasteiger charge is 2.14. The maximum absolute atomic E-state index is 6.26. The number of benzene rings is 1. The van der Waals surface area contributed by atoms with Gasteiger partial charge in [-0.15, -0.1) is 0 Å². The van der Waals surface area contributed by atoms with Crippen LogP contribution in [0.3, 0.4) is 0 Å². The normalized spacial score (nSPS) is 11.1. The van der Waals surface area contributed by atoms with Crippen molar-refractivity contribution in [2.75, 3.05) is 5.73 Å². The number of imidazole rings is 1. The van der Waals surface area contributed by atoms with Gasteiger partial charge in [0.05, 0.1) is 6.10 Å². The second-order valence-electron chi connectivity index (χ2n) is 5.45. The lowest BCUT2D eigenvalue weighted by Crippen LogP contribution is -2.05. The van der Waals surface area contributed by atoms with Gasteiger partial charge in [0, 0.05) is 18.5 Å². The Balaban J connectivity index is 2.33. The number of hydrogen-bond donors (Lipinski definition) is 1. The first-order valence-corrected chi connectivity index (χ1v) is 7.68. The maximum Gasteiger partial charge on any atom is 0.131 e. The van der Waals surface area contributed by atoms with E-state index in [1.807, 2.05) is 38.1 Å². The highest BCUT2D eigenvalue weighted by molar-refractivity contribution is 5.71. The molecule has 0 spiro atoms. The molecule has 1 aromatic heterocycles. The van der Waals surface area contributed by atoms with Crippen molar-refractivity contribution >= 4 is 5.82 Å². The molecular formula is C17H25N3O. The van der Waals surface area contributed by atoms with E-state index in [1.165, 1.54) is 0 Å². The van der Waals surface area contributed by atoms with Gasteiger partial charge in [0.25, 0.3) is 0 Å². The van der Waals surface area contributed by atoms with E-state index in [2.05, 4.69) is 18.4 Å². The first-order valence-electron chi connectivity index (χ1n) is 7.68. The van der Waals surface area contributed by atoms with E-state index in [0.29, 0.717) is 0 Å². The van der Waals surface area contributed by atoms with E-state index < -0.39 is 0 Å². The van der Waals surface area contributed by atoms with Crippen LogP contribution in [-0.4, -0.2) is 15.7 Å². The third-order valence-corrected chi connectivity index (χ3v) is 3.38. The van der Waals surface area contributed by atoms with Gasteiger partial charge in [-0.05, 0) is 51.5 Å². The summed E-state index contributed by atoms with van der Waals surface area (Å²) in [7, 11) is 0. The minimum atomic E-state index is 0.177. The molecule has 0 fully saturated rings. The van der Waals surface area contributed by atoms with Crippen LogP contribution >= 0.6 is 0 Å². The van der Waals surface area contributed by atoms with E-state index >= 15 is 0 Å². The molecule has 0 amide bonds. The number of nitrogens with two attached hydrogens (primary N) is 1. The van der Waals surface area contributed by atoms with E-state index in [0.717, 1.165) is 48.0 Å². The van der Waals surface area contributed by atoms with Crippen LogP contribution in [0.5, 0.6) is 5.75 Å². The summed E-state index contributed by atoms with van der Waals surface area (Å²) < 4.78 is 7.76. The van der Waals surface area contributed by atoms with E-state index in [-0.39, 0.29) is 6.10 Å². The molecule has 1 heterocycles. The van der Waals surface area contributed by atoms with Crippen LogP contribution in [0, 0.1) is 0 Å². The van der Waals surface area contributed by atoms with Crippen molar-refractivity contribution in [3.8, 4) is 17.0 Å². The second-order valence-corrected chi connectivity index (χ2v) is 5.45. The third kappa shape index (κ3) is 3.38. The highest BCUT2D eigenvalue weighted by atomic mass is 16.5. The molecule has 1 aromatic carbocycles. The minimum Gasteiger partial charge on any atom is -0.491 e. The van der Waals surface area contributed by atoms with Crippen molar-refractivity contribution in [3.63, 3.8) is 0 Å². The summed E-state index contributed by atoms with van der Waals surface area (Å²) in [4.78, 5) is 4.73. The summed E-state index contributed by atoms with van der Waals surface area (Å²) in [5, 5.41) is 0. The molecule has 0 radical (unpaired) electrons. The van der Waals surface area contributed by atoms with Crippen LogP contribution in [0.15, 0.2) is 24.3 Å². The summed E-state index contributed by atoms with van der Waals surface area (Å²) >= 11 is 0. The van der Waals surface area contributed by atoms with Crippen molar-refractivity contribution in [1.29, 1.82) is 0 Å². The van der Waals surface area contributed by atoms with Crippen molar-refractivity contribution in [2.24, 2.45) is 0 Å². The molecule has 0 aliphatic carbocycles. The number of ether oxygens (including phenoxy) is 1. The van der Waals surface area contributed by atoms with Gasteiger partial charge < -0.3 is 15.0 Å². The van der Waals surface area contributed by atoms with Gasteiger partial charge in [-0.25, -0.2) is 4.98 Å². The van der Waals surface area contributed by atoms with Gasteiger partial charge in [0.15, 0.2) is 0 Å². The van der Waals surface area contributed by atoms with E-state index in [9.17, 15) is 0 Å². The number of hydrogen-bond acceptors (Lipinski definition) is 3. The molecule has 0 aliphatic rings. The van der Waals surface area contributed by atoms with Gasteiger partial charge in [0.1, 0.15) is 23.1 Å². The average Bonchev–Trinajstić information content (AvgIpc) is 2.76. The molecule has 2 N–H and O–H groups in total. The molecule has 0 aliphatic heterocycles. The lowest BCUT2D eigenvalue weighted by molar-refractivity contribution is 0.242. The van der Waals surface area contributed by atoms with Crippen LogP contribution in [0.2, 0.25) is 0 Å². The smallest absolute Gasteiger partial charge is 0.131 e. The maximum atomic E-state index is 6.26. The number of rotatable bonds is 6. The van der Waals surface area contributed by atoms with Crippen molar-refractivity contribution in [3.05, 3.63) is 30.1 Å². The van der Waals surface area contributed by atoms with Crippen molar-refractivity contribution in [1.82, 2.24) is 9.55 Å². The number of aryl methyl sites for hydroxylation is 1. The molecule has 2 aromatic rings. The van der Waals surface area contributed by atoms with Crippen LogP contribution in [0.1, 0.15) is 39.9 Å². The SMILES string of the molecule is CCCc1nc(-c2ccc(OC(C)C)cc2)c(N)n1CC. The summed E-state index contributed by atoms with van der Waals surface area (Å²) in [5.74, 6) is 2.68. The molecule has 0 bridgehead atoms. The van der Waals surface area contributed by atoms with Crippen molar-refractivity contribution < 1.29 is 4.74 Å². The zero-order valence-corrected chi connectivity index (χ0v) is 13.4. The fourth-order valence-corrected chi connectivity index (χ4v) is 2.46. The highest BCUT2D eigenvalue weighted by Crippen LogP contribution is 2.28. The third-order valence-electron chi connectivity index (χ3n) is 3.38. The zero-order valence-electron chi connectivity index (χ0n) is 13.4. The summed E-state index contributed by atoms with van der Waals surface area (Å²) in [6, 6.07) is 7.98. The molecule has 0 saturated heterocycles. The number of anilines is 1. The molecule has 0 unspecified atom stereocenters. The van der Waals surface area contributed by atoms with Gasteiger partial charge in [-0.1, -0.05) is 6.92 Å². The summed E-state index contributed by atoms with van der Waals surface area (Å²) in [5.41, 5.74) is 8.17. The number of aromatic nitrogens is 2. The Bertz CT molecular complexity index is 585. The van der Waals surface area contributed by atoms with E-state index in [1.54, 1.807) is 0 Å². The van der Waals surface area contributed by atoms with Gasteiger partial charge >= 0.3 is 0 Å². The molecule has 0 saturated carbocycles. The molecule has 4 heteroatoms. The molecule has 21 heavy (non-hydrogen) atoms. The molecule has 0 atom stereocenters. The van der Waals surface area contributed by atoms with Gasteiger partial charge in [-0.2, -0.15) is 0 Å². The molecule has 4 nitrogen and oxygen atoms in total. The van der Waals surface area contributed by atoms with Crippen molar-refractivity contribution in [2.45, 2.75) is 53.2 Å². The lowest BCUT2D eigenvalue weighted by Gasteiger charge is -2.10. The zero-order chi connectivity index (χ0) is 15.4. The average molecular weight is 287 g/mol. The first-order chi connectivity index (χ1) is 10.1. The molecule has 2 rings (SSSR count). The molecular weight excluding hydrogens is 262 g/mol. The van der Waals surface area contributed by atoms with Gasteiger partial charge in [-0.3, -0.25) is 0 Å². The Morgan fingerprint density at radius 2 is 1.86 bits per heavy atom. The topological polar surface area (TPSA) is 53.1 Å². The van der Waals surface area contributed by atoms with Crippen LogP contribution < -0.4 is 10.5 Å². The first kappa shape index (κ1) is 15.4. The standard InChI is InChI=1S/C17H25N3O/c1-5-7-15-19-16(17(18)20(15)6-2)13-8-10-14(11-9-13)21-12(3)4/h8-12H,5-7,18H2,1-4H3. The summed E-state index contributed by atoms with van der Waals surface area (Å²) in [6.07, 6.45) is 2.19. The summed E-state index contributed by atoms with van der Waals surface area (Å²) in [6.45, 7) is 9.14. The predicted molar refractivity (Wildman–Crippen MR) is 87.5 cm³/mol. The monoisotopic (exact) mass is 287 g/mol. The largest absolute Gasteiger partial charge is 0.491 e. The molecule has 114 valence electrons.